The number of nitrogens with zero attached hydrogens (tertiary/aromatic N) is 2. The predicted molar refractivity (Wildman–Crippen MR) is 107 cm³/mol. The Morgan fingerprint density at radius 2 is 1.76 bits per heavy atom. The highest BCUT2D eigenvalue weighted by Gasteiger charge is 2.29. The first-order valence-electron chi connectivity index (χ1n) is 9.05. The van der Waals surface area contributed by atoms with Gasteiger partial charge >= 0.3 is 6.18 Å². The van der Waals surface area contributed by atoms with Gasteiger partial charge in [0.25, 0.3) is 0 Å². The maximum absolute atomic E-state index is 12.7. The fourth-order valence-electron chi connectivity index (χ4n) is 3.05. The van der Waals surface area contributed by atoms with Gasteiger partial charge in [-0.25, -0.2) is 4.98 Å². The van der Waals surface area contributed by atoms with Crippen LogP contribution in [-0.4, -0.2) is 21.5 Å². The van der Waals surface area contributed by atoms with E-state index in [4.69, 9.17) is 0 Å². The number of benzene rings is 2. The maximum atomic E-state index is 12.7. The second-order valence-corrected chi connectivity index (χ2v) is 6.50. The van der Waals surface area contributed by atoms with E-state index in [1.54, 1.807) is 12.3 Å². The van der Waals surface area contributed by atoms with Crippen LogP contribution in [0.2, 0.25) is 0 Å². The number of hydrogen-bond donors (Lipinski definition) is 3. The van der Waals surface area contributed by atoms with Crippen LogP contribution in [0.25, 0.3) is 10.9 Å². The minimum Gasteiger partial charge on any atom is -0.370 e. The fraction of sp³-hybridized carbons (Fsp3) is 0.143. The Kier molecular flexibility index (Phi) is 5.07. The van der Waals surface area contributed by atoms with E-state index < -0.39 is 11.7 Å². The highest BCUT2D eigenvalue weighted by atomic mass is 19.4. The lowest BCUT2D eigenvalue weighted by Crippen LogP contribution is -2.08. The van der Waals surface area contributed by atoms with Gasteiger partial charge in [0, 0.05) is 35.5 Å². The normalized spacial score (nSPS) is 11.6. The molecule has 3 N–H and O–H groups in total. The van der Waals surface area contributed by atoms with E-state index in [-0.39, 0.29) is 0 Å². The molecule has 8 heteroatoms. The molecule has 0 fully saturated rings. The SMILES string of the molecule is FC(F)(F)c1ccc(Nc2nccc(NCCc3c[nH]c4ccccc34)n2)cc1. The molecule has 148 valence electrons. The van der Waals surface area contributed by atoms with Crippen LogP contribution in [0, 0.1) is 0 Å². The summed E-state index contributed by atoms with van der Waals surface area (Å²) in [6.45, 7) is 0.679. The molecule has 29 heavy (non-hydrogen) atoms. The summed E-state index contributed by atoms with van der Waals surface area (Å²) < 4.78 is 38.0. The zero-order chi connectivity index (χ0) is 20.3. The van der Waals surface area contributed by atoms with Crippen LogP contribution in [0.1, 0.15) is 11.1 Å². The third-order valence-electron chi connectivity index (χ3n) is 4.50. The minimum atomic E-state index is -4.36. The molecule has 0 aliphatic carbocycles. The van der Waals surface area contributed by atoms with E-state index >= 15 is 0 Å². The highest BCUT2D eigenvalue weighted by Crippen LogP contribution is 2.30. The van der Waals surface area contributed by atoms with Crippen LogP contribution in [0.15, 0.2) is 67.0 Å². The van der Waals surface area contributed by atoms with Crippen molar-refractivity contribution in [2.75, 3.05) is 17.2 Å². The summed E-state index contributed by atoms with van der Waals surface area (Å²) in [5.41, 5.74) is 2.10. The van der Waals surface area contributed by atoms with E-state index in [2.05, 4.69) is 31.7 Å². The number of alkyl halides is 3. The minimum absolute atomic E-state index is 0.307. The van der Waals surface area contributed by atoms with Crippen molar-refractivity contribution in [3.63, 3.8) is 0 Å². The molecule has 4 rings (SSSR count). The molecule has 2 aromatic heterocycles. The molecular weight excluding hydrogens is 379 g/mol. The highest BCUT2D eigenvalue weighted by molar-refractivity contribution is 5.83. The molecule has 0 spiro atoms. The van der Waals surface area contributed by atoms with Gasteiger partial charge in [0.15, 0.2) is 0 Å². The second kappa shape index (κ2) is 7.83. The van der Waals surface area contributed by atoms with Crippen molar-refractivity contribution in [3.05, 3.63) is 78.1 Å². The molecule has 2 heterocycles. The van der Waals surface area contributed by atoms with E-state index in [1.165, 1.54) is 23.1 Å². The van der Waals surface area contributed by atoms with Crippen molar-refractivity contribution in [2.45, 2.75) is 12.6 Å². The van der Waals surface area contributed by atoms with Crippen molar-refractivity contribution >= 4 is 28.4 Å². The number of fused-ring (bicyclic) bond motifs is 1. The number of para-hydroxylation sites is 1. The smallest absolute Gasteiger partial charge is 0.370 e. The first kappa shape index (κ1) is 18.8. The lowest BCUT2D eigenvalue weighted by molar-refractivity contribution is -0.137. The van der Waals surface area contributed by atoms with Gasteiger partial charge in [-0.2, -0.15) is 18.2 Å². The van der Waals surface area contributed by atoms with Gasteiger partial charge in [-0.15, -0.1) is 0 Å². The lowest BCUT2D eigenvalue weighted by Gasteiger charge is -2.10. The molecule has 0 saturated heterocycles. The van der Waals surface area contributed by atoms with Gasteiger partial charge in [-0.3, -0.25) is 0 Å². The lowest BCUT2D eigenvalue weighted by atomic mass is 10.1. The number of halogens is 3. The van der Waals surface area contributed by atoms with Gasteiger partial charge in [-0.05, 0) is 48.4 Å². The second-order valence-electron chi connectivity index (χ2n) is 6.50. The van der Waals surface area contributed by atoms with Crippen molar-refractivity contribution in [1.82, 2.24) is 15.0 Å². The van der Waals surface area contributed by atoms with Crippen LogP contribution in [-0.2, 0) is 12.6 Å². The monoisotopic (exact) mass is 397 g/mol. The summed E-state index contributed by atoms with van der Waals surface area (Å²) >= 11 is 0. The summed E-state index contributed by atoms with van der Waals surface area (Å²) in [6.07, 6.45) is 0.0523. The number of nitrogens with one attached hydrogen (secondary N) is 3. The zero-order valence-corrected chi connectivity index (χ0v) is 15.3. The first-order valence-corrected chi connectivity index (χ1v) is 9.05. The molecule has 0 bridgehead atoms. The molecular formula is C21H18F3N5. The number of anilines is 3. The van der Waals surface area contributed by atoms with Crippen LogP contribution < -0.4 is 10.6 Å². The summed E-state index contributed by atoms with van der Waals surface area (Å²) in [5.74, 6) is 0.941. The van der Waals surface area contributed by atoms with Gasteiger partial charge < -0.3 is 15.6 Å². The Morgan fingerprint density at radius 3 is 2.55 bits per heavy atom. The Hall–Kier alpha value is -3.55. The van der Waals surface area contributed by atoms with Gasteiger partial charge in [-0.1, -0.05) is 18.2 Å². The quantitative estimate of drug-likeness (QED) is 0.409. The van der Waals surface area contributed by atoms with E-state index in [0.29, 0.717) is 24.0 Å². The number of H-pyrrole nitrogens is 1. The third kappa shape index (κ3) is 4.48. The summed E-state index contributed by atoms with van der Waals surface area (Å²) in [4.78, 5) is 11.7. The Labute approximate surface area is 165 Å². The molecule has 0 aliphatic rings. The fourth-order valence-corrected chi connectivity index (χ4v) is 3.05. The molecule has 0 saturated carbocycles. The van der Waals surface area contributed by atoms with E-state index in [0.717, 1.165) is 24.1 Å². The predicted octanol–water partition coefficient (Wildman–Crippen LogP) is 5.37. The molecule has 5 nitrogen and oxygen atoms in total. The Morgan fingerprint density at radius 1 is 0.966 bits per heavy atom. The van der Waals surface area contributed by atoms with Crippen molar-refractivity contribution < 1.29 is 13.2 Å². The molecule has 0 aliphatic heterocycles. The van der Waals surface area contributed by atoms with Crippen LogP contribution in [0.3, 0.4) is 0 Å². The summed E-state index contributed by atoms with van der Waals surface area (Å²) in [7, 11) is 0. The van der Waals surface area contributed by atoms with Crippen molar-refractivity contribution in [3.8, 4) is 0 Å². The summed E-state index contributed by atoms with van der Waals surface area (Å²) in [6, 6.07) is 14.6. The zero-order valence-electron chi connectivity index (χ0n) is 15.3. The van der Waals surface area contributed by atoms with Crippen molar-refractivity contribution in [1.29, 1.82) is 0 Å². The topological polar surface area (TPSA) is 65.6 Å². The molecule has 0 amide bonds. The first-order chi connectivity index (χ1) is 14.0. The average Bonchev–Trinajstić information content (AvgIpc) is 3.11. The van der Waals surface area contributed by atoms with E-state index in [1.807, 2.05) is 24.4 Å². The molecule has 0 radical (unpaired) electrons. The molecule has 4 aromatic rings. The Balaban J connectivity index is 1.37. The van der Waals surface area contributed by atoms with Crippen LogP contribution >= 0.6 is 0 Å². The van der Waals surface area contributed by atoms with Crippen molar-refractivity contribution in [2.24, 2.45) is 0 Å². The molecule has 0 unspecified atom stereocenters. The van der Waals surface area contributed by atoms with E-state index in [9.17, 15) is 13.2 Å². The number of aromatic nitrogens is 3. The Bertz CT molecular complexity index is 1100. The largest absolute Gasteiger partial charge is 0.416 e. The standard InChI is InChI=1S/C21H18F3N5/c22-21(23,24)15-5-7-16(8-6-15)28-20-26-12-10-19(29-20)25-11-9-14-13-27-18-4-2-1-3-17(14)18/h1-8,10,12-13,27H,9,11H2,(H2,25,26,28,29). The average molecular weight is 397 g/mol. The molecule has 2 aromatic carbocycles. The van der Waals surface area contributed by atoms with Gasteiger partial charge in [0.2, 0.25) is 5.95 Å². The number of hydrogen-bond acceptors (Lipinski definition) is 4. The van der Waals surface area contributed by atoms with Crippen LogP contribution in [0.4, 0.5) is 30.6 Å². The number of aromatic amines is 1. The van der Waals surface area contributed by atoms with Gasteiger partial charge in [0.05, 0.1) is 5.56 Å². The molecule has 0 atom stereocenters. The summed E-state index contributed by atoms with van der Waals surface area (Å²) in [5, 5.41) is 7.36. The van der Waals surface area contributed by atoms with Crippen LogP contribution in [0.5, 0.6) is 0 Å². The van der Waals surface area contributed by atoms with Gasteiger partial charge in [0.1, 0.15) is 5.82 Å². The maximum Gasteiger partial charge on any atom is 0.416 e. The third-order valence-corrected chi connectivity index (χ3v) is 4.50. The number of rotatable bonds is 6.